The first-order chi connectivity index (χ1) is 18.4. The molecular formula is C33H32N2O3. The summed E-state index contributed by atoms with van der Waals surface area (Å²) >= 11 is 0. The van der Waals surface area contributed by atoms with Crippen LogP contribution in [0.5, 0.6) is 11.5 Å². The number of ether oxygens (including phenoxy) is 2. The second kappa shape index (κ2) is 8.95. The molecule has 4 aromatic rings. The van der Waals surface area contributed by atoms with E-state index in [1.54, 1.807) is 0 Å². The van der Waals surface area contributed by atoms with E-state index in [0.29, 0.717) is 17.1 Å². The monoisotopic (exact) mass is 504 g/mol. The number of hydrogen-bond acceptors (Lipinski definition) is 5. The third-order valence-electron chi connectivity index (χ3n) is 8.04. The molecule has 4 aromatic carbocycles. The molecule has 2 aliphatic rings. The molecule has 1 unspecified atom stereocenters. The van der Waals surface area contributed by atoms with E-state index in [2.05, 4.69) is 87.3 Å². The highest BCUT2D eigenvalue weighted by Crippen LogP contribution is 2.57. The summed E-state index contributed by atoms with van der Waals surface area (Å²) in [6, 6.07) is 24.3. The molecule has 0 fully saturated rings. The quantitative estimate of drug-likeness (QED) is 0.281. The molecule has 192 valence electrons. The van der Waals surface area contributed by atoms with E-state index in [1.807, 2.05) is 30.3 Å². The summed E-state index contributed by atoms with van der Waals surface area (Å²) < 4.78 is 13.0. The number of fused-ring (bicyclic) bond motifs is 6. The van der Waals surface area contributed by atoms with Gasteiger partial charge in [-0.15, -0.1) is 0 Å². The number of rotatable bonds is 5. The van der Waals surface area contributed by atoms with Crippen LogP contribution < -0.4 is 15.0 Å². The summed E-state index contributed by atoms with van der Waals surface area (Å²) in [6.07, 6.45) is 0. The smallest absolute Gasteiger partial charge is 0.340 e. The van der Waals surface area contributed by atoms with Crippen molar-refractivity contribution in [2.75, 3.05) is 23.3 Å². The maximum absolute atomic E-state index is 13.3. The number of esters is 1. The van der Waals surface area contributed by atoms with Gasteiger partial charge in [0.25, 0.3) is 0 Å². The van der Waals surface area contributed by atoms with E-state index in [-0.39, 0.29) is 5.97 Å². The first-order valence-electron chi connectivity index (χ1n) is 13.3. The molecule has 5 nitrogen and oxygen atoms in total. The van der Waals surface area contributed by atoms with Gasteiger partial charge in [-0.1, -0.05) is 30.3 Å². The number of carbonyl (C=O) groups excluding carboxylic acids is 1. The van der Waals surface area contributed by atoms with Gasteiger partial charge in [0.15, 0.2) is 5.60 Å². The second-order valence-corrected chi connectivity index (χ2v) is 10.1. The van der Waals surface area contributed by atoms with Gasteiger partial charge in [0.05, 0.1) is 5.56 Å². The number of aryl methyl sites for hydroxylation is 2. The van der Waals surface area contributed by atoms with Crippen LogP contribution in [0.1, 0.15) is 57.6 Å². The Morgan fingerprint density at radius 1 is 0.763 bits per heavy atom. The van der Waals surface area contributed by atoms with Gasteiger partial charge in [-0.3, -0.25) is 0 Å². The fourth-order valence-corrected chi connectivity index (χ4v) is 5.76. The Labute approximate surface area is 224 Å². The molecule has 2 aliphatic heterocycles. The topological polar surface area (TPSA) is 50.8 Å². The molecule has 1 spiro atoms. The van der Waals surface area contributed by atoms with Crippen LogP contribution in [0.25, 0.3) is 0 Å². The lowest BCUT2D eigenvalue weighted by atomic mass is 9.77. The Morgan fingerprint density at radius 3 is 2.32 bits per heavy atom. The fourth-order valence-electron chi connectivity index (χ4n) is 5.76. The molecule has 0 saturated carbocycles. The minimum atomic E-state index is -1.09. The predicted molar refractivity (Wildman–Crippen MR) is 152 cm³/mol. The van der Waals surface area contributed by atoms with Crippen LogP contribution in [0.2, 0.25) is 0 Å². The highest BCUT2D eigenvalue weighted by atomic mass is 16.6. The standard InChI is InChI=1S/C33H32N2O3/c1-6-35(7-2)23-15-16-26-31(18-23)37-30-17-21(4)29(34-28-14-10-11-20(3)22(28)5)19-27(30)33(26)25-13-9-8-12-24(25)32(36)38-33/h8-19,34H,6-7H2,1-5H3. The van der Waals surface area contributed by atoms with Gasteiger partial charge in [-0.05, 0) is 87.7 Å². The van der Waals surface area contributed by atoms with Gasteiger partial charge in [0.2, 0.25) is 0 Å². The number of anilines is 3. The van der Waals surface area contributed by atoms with Crippen molar-refractivity contribution in [1.29, 1.82) is 0 Å². The molecular weight excluding hydrogens is 472 g/mol. The number of nitrogens with zero attached hydrogens (tertiary/aromatic N) is 1. The zero-order valence-corrected chi connectivity index (χ0v) is 22.5. The van der Waals surface area contributed by atoms with Crippen molar-refractivity contribution < 1.29 is 14.3 Å². The zero-order chi connectivity index (χ0) is 26.6. The molecule has 0 bridgehead atoms. The number of hydrogen-bond donors (Lipinski definition) is 1. The van der Waals surface area contributed by atoms with Gasteiger partial charge in [0.1, 0.15) is 11.5 Å². The third-order valence-corrected chi connectivity index (χ3v) is 8.04. The molecule has 5 heteroatoms. The highest BCUT2D eigenvalue weighted by molar-refractivity contribution is 5.97. The first-order valence-corrected chi connectivity index (χ1v) is 13.3. The van der Waals surface area contributed by atoms with E-state index >= 15 is 0 Å². The molecule has 0 aromatic heterocycles. The van der Waals surface area contributed by atoms with Crippen molar-refractivity contribution >= 4 is 23.0 Å². The lowest BCUT2D eigenvalue weighted by Gasteiger charge is -2.37. The van der Waals surface area contributed by atoms with Crippen molar-refractivity contribution in [3.63, 3.8) is 0 Å². The molecule has 1 atom stereocenters. The minimum Gasteiger partial charge on any atom is -0.456 e. The normalized spacial score (nSPS) is 16.8. The van der Waals surface area contributed by atoms with Crippen molar-refractivity contribution in [1.82, 2.24) is 0 Å². The van der Waals surface area contributed by atoms with Crippen LogP contribution in [0.4, 0.5) is 17.1 Å². The maximum atomic E-state index is 13.3. The first kappa shape index (κ1) is 24.1. The fraction of sp³-hybridized carbons (Fsp3) is 0.242. The Hall–Kier alpha value is -4.25. The molecule has 0 radical (unpaired) electrons. The van der Waals surface area contributed by atoms with E-state index in [9.17, 15) is 4.79 Å². The molecule has 6 rings (SSSR count). The predicted octanol–water partition coefficient (Wildman–Crippen LogP) is 7.77. The molecule has 1 N–H and O–H groups in total. The van der Waals surface area contributed by atoms with Crippen molar-refractivity contribution in [2.24, 2.45) is 0 Å². The zero-order valence-electron chi connectivity index (χ0n) is 22.5. The molecule has 0 amide bonds. The van der Waals surface area contributed by atoms with Crippen molar-refractivity contribution in [3.8, 4) is 11.5 Å². The molecule has 38 heavy (non-hydrogen) atoms. The van der Waals surface area contributed by atoms with E-state index in [0.717, 1.165) is 52.4 Å². The SMILES string of the molecule is CCN(CC)c1ccc2c(c1)Oc1cc(C)c(Nc3cccc(C)c3C)cc1C21OC(=O)c2ccccc21. The third kappa shape index (κ3) is 3.49. The van der Waals surface area contributed by atoms with Crippen LogP contribution >= 0.6 is 0 Å². The van der Waals surface area contributed by atoms with E-state index < -0.39 is 5.60 Å². The average molecular weight is 505 g/mol. The van der Waals surface area contributed by atoms with Crippen LogP contribution in [0, 0.1) is 20.8 Å². The van der Waals surface area contributed by atoms with Crippen LogP contribution in [0.15, 0.2) is 72.8 Å². The van der Waals surface area contributed by atoms with E-state index in [4.69, 9.17) is 9.47 Å². The maximum Gasteiger partial charge on any atom is 0.340 e. The summed E-state index contributed by atoms with van der Waals surface area (Å²) in [6.45, 7) is 12.4. The largest absolute Gasteiger partial charge is 0.456 e. The summed E-state index contributed by atoms with van der Waals surface area (Å²) in [5, 5.41) is 3.63. The summed E-state index contributed by atoms with van der Waals surface area (Å²) in [7, 11) is 0. The molecule has 2 heterocycles. The summed E-state index contributed by atoms with van der Waals surface area (Å²) in [5.74, 6) is 1.08. The van der Waals surface area contributed by atoms with Gasteiger partial charge in [0, 0.05) is 52.9 Å². The lowest BCUT2D eigenvalue weighted by Crippen LogP contribution is -2.33. The van der Waals surface area contributed by atoms with Gasteiger partial charge >= 0.3 is 5.97 Å². The second-order valence-electron chi connectivity index (χ2n) is 10.1. The van der Waals surface area contributed by atoms with E-state index in [1.165, 1.54) is 11.1 Å². The van der Waals surface area contributed by atoms with Gasteiger partial charge in [-0.2, -0.15) is 0 Å². The Kier molecular flexibility index (Phi) is 5.68. The Balaban J connectivity index is 1.58. The minimum absolute atomic E-state index is 0.322. The number of carbonyl (C=O) groups is 1. The van der Waals surface area contributed by atoms with Crippen molar-refractivity contribution in [2.45, 2.75) is 40.2 Å². The number of benzene rings is 4. The highest BCUT2D eigenvalue weighted by Gasteiger charge is 2.53. The number of nitrogens with one attached hydrogen (secondary N) is 1. The van der Waals surface area contributed by atoms with Crippen molar-refractivity contribution in [3.05, 3.63) is 112 Å². The Bertz CT molecular complexity index is 1590. The summed E-state index contributed by atoms with van der Waals surface area (Å²) in [4.78, 5) is 15.5. The van der Waals surface area contributed by atoms with Gasteiger partial charge < -0.3 is 19.7 Å². The van der Waals surface area contributed by atoms with Crippen LogP contribution in [0.3, 0.4) is 0 Å². The average Bonchev–Trinajstić information content (AvgIpc) is 3.21. The Morgan fingerprint density at radius 2 is 1.53 bits per heavy atom. The van der Waals surface area contributed by atoms with Crippen LogP contribution in [-0.2, 0) is 10.3 Å². The van der Waals surface area contributed by atoms with Crippen LogP contribution in [-0.4, -0.2) is 19.1 Å². The summed E-state index contributed by atoms with van der Waals surface area (Å²) in [5.41, 5.74) is 8.52. The lowest BCUT2D eigenvalue weighted by molar-refractivity contribution is 0.0224. The molecule has 0 aliphatic carbocycles. The van der Waals surface area contributed by atoms with Gasteiger partial charge in [-0.25, -0.2) is 4.79 Å². The molecule has 0 saturated heterocycles.